The summed E-state index contributed by atoms with van der Waals surface area (Å²) in [5.74, 6) is 0. The largest absolute Gasteiger partial charge is 0.469 e. The molecule has 2 rings (SSSR count). The summed E-state index contributed by atoms with van der Waals surface area (Å²) in [6.07, 6.45) is 9.70. The van der Waals surface area contributed by atoms with Gasteiger partial charge in [-0.3, -0.25) is 0 Å². The molecule has 0 radical (unpaired) electrons. The molecule has 0 aromatic heterocycles. The van der Waals surface area contributed by atoms with Gasteiger partial charge >= 0.3 is 0 Å². The molecule has 1 aromatic carbocycles. The lowest BCUT2D eigenvalue weighted by molar-refractivity contribution is -0.139. The minimum atomic E-state index is -0.253. The summed E-state index contributed by atoms with van der Waals surface area (Å²) >= 11 is 0. The average Bonchev–Trinajstić information content (AvgIpc) is 2.66. The standard InChI is InChI=1S/C16H22O2/c1-2-3-5-11-15-12-8-13-17-16(18-15)14-9-6-4-7-10-14/h4,6-10,13,15-16H,2-3,5,11-12H2,1H3/t15-,16+/m0/s1. The molecule has 2 heteroatoms. The Bertz CT molecular complexity index is 359. The normalized spacial score (nSPS) is 23.4. The molecule has 0 spiro atoms. The van der Waals surface area contributed by atoms with E-state index in [1.807, 2.05) is 30.3 Å². The molecule has 0 unspecified atom stereocenters. The Hall–Kier alpha value is -1.28. The van der Waals surface area contributed by atoms with Gasteiger partial charge in [-0.15, -0.1) is 0 Å². The van der Waals surface area contributed by atoms with Gasteiger partial charge < -0.3 is 9.47 Å². The maximum absolute atomic E-state index is 6.06. The molecule has 0 N–H and O–H groups in total. The molecule has 0 amide bonds. The fourth-order valence-corrected chi connectivity index (χ4v) is 2.17. The van der Waals surface area contributed by atoms with Crippen LogP contribution in [0.3, 0.4) is 0 Å². The van der Waals surface area contributed by atoms with Gasteiger partial charge in [-0.25, -0.2) is 0 Å². The van der Waals surface area contributed by atoms with Gasteiger partial charge in [0, 0.05) is 5.56 Å². The molecule has 2 atom stereocenters. The SMILES string of the molecule is CCCCC[C@H]1CC=CO[C@@H](c2ccccc2)O1. The number of unbranched alkanes of at least 4 members (excludes halogenated alkanes) is 2. The van der Waals surface area contributed by atoms with Gasteiger partial charge in [0.05, 0.1) is 12.4 Å². The number of hydrogen-bond acceptors (Lipinski definition) is 2. The number of benzene rings is 1. The third-order valence-corrected chi connectivity index (χ3v) is 3.21. The molecular weight excluding hydrogens is 224 g/mol. The molecule has 2 nitrogen and oxygen atoms in total. The van der Waals surface area contributed by atoms with E-state index >= 15 is 0 Å². The minimum Gasteiger partial charge on any atom is -0.469 e. The molecule has 0 aliphatic carbocycles. The first-order chi connectivity index (χ1) is 8.90. The summed E-state index contributed by atoms with van der Waals surface area (Å²) in [6.45, 7) is 2.23. The summed E-state index contributed by atoms with van der Waals surface area (Å²) in [4.78, 5) is 0. The molecule has 1 heterocycles. The maximum Gasteiger partial charge on any atom is 0.226 e. The van der Waals surface area contributed by atoms with E-state index in [0.29, 0.717) is 0 Å². The topological polar surface area (TPSA) is 18.5 Å². The Kier molecular flexibility index (Phi) is 5.28. The van der Waals surface area contributed by atoms with Crippen LogP contribution in [0.4, 0.5) is 0 Å². The second-order valence-corrected chi connectivity index (χ2v) is 4.74. The van der Waals surface area contributed by atoms with Crippen molar-refractivity contribution in [3.63, 3.8) is 0 Å². The van der Waals surface area contributed by atoms with Crippen LogP contribution in [-0.2, 0) is 9.47 Å². The smallest absolute Gasteiger partial charge is 0.226 e. The fourth-order valence-electron chi connectivity index (χ4n) is 2.17. The first-order valence-corrected chi connectivity index (χ1v) is 6.91. The van der Waals surface area contributed by atoms with Crippen LogP contribution in [-0.4, -0.2) is 6.10 Å². The van der Waals surface area contributed by atoms with Crippen LogP contribution in [0.15, 0.2) is 42.7 Å². The zero-order valence-corrected chi connectivity index (χ0v) is 11.0. The molecule has 98 valence electrons. The number of ether oxygens (including phenoxy) is 2. The third kappa shape index (κ3) is 3.88. The molecule has 1 aliphatic rings. The van der Waals surface area contributed by atoms with Crippen molar-refractivity contribution >= 4 is 0 Å². The van der Waals surface area contributed by atoms with E-state index in [1.54, 1.807) is 6.26 Å². The van der Waals surface area contributed by atoms with Crippen LogP contribution in [0.5, 0.6) is 0 Å². The van der Waals surface area contributed by atoms with Crippen molar-refractivity contribution in [2.24, 2.45) is 0 Å². The van der Waals surface area contributed by atoms with Gasteiger partial charge in [0.15, 0.2) is 0 Å². The monoisotopic (exact) mass is 246 g/mol. The van der Waals surface area contributed by atoms with Crippen molar-refractivity contribution in [1.29, 1.82) is 0 Å². The summed E-state index contributed by atoms with van der Waals surface area (Å²) < 4.78 is 11.7. The van der Waals surface area contributed by atoms with Crippen LogP contribution in [0.1, 0.15) is 50.9 Å². The summed E-state index contributed by atoms with van der Waals surface area (Å²) in [7, 11) is 0. The molecule has 0 bridgehead atoms. The molecular formula is C16H22O2. The fraction of sp³-hybridized carbons (Fsp3) is 0.500. The van der Waals surface area contributed by atoms with Crippen molar-refractivity contribution in [3.05, 3.63) is 48.2 Å². The predicted molar refractivity (Wildman–Crippen MR) is 73.0 cm³/mol. The third-order valence-electron chi connectivity index (χ3n) is 3.21. The van der Waals surface area contributed by atoms with Crippen molar-refractivity contribution in [2.75, 3.05) is 0 Å². The van der Waals surface area contributed by atoms with E-state index < -0.39 is 0 Å². The molecule has 0 fully saturated rings. The van der Waals surface area contributed by atoms with Crippen molar-refractivity contribution < 1.29 is 9.47 Å². The van der Waals surface area contributed by atoms with Gasteiger partial charge in [0.25, 0.3) is 0 Å². The van der Waals surface area contributed by atoms with Crippen molar-refractivity contribution in [1.82, 2.24) is 0 Å². The quantitative estimate of drug-likeness (QED) is 0.708. The minimum absolute atomic E-state index is 0.253. The van der Waals surface area contributed by atoms with Gasteiger partial charge in [-0.05, 0) is 18.9 Å². The van der Waals surface area contributed by atoms with E-state index in [1.165, 1.54) is 19.3 Å². The lowest BCUT2D eigenvalue weighted by Gasteiger charge is -2.21. The lowest BCUT2D eigenvalue weighted by Crippen LogP contribution is -2.15. The molecule has 0 saturated heterocycles. The second-order valence-electron chi connectivity index (χ2n) is 4.74. The van der Waals surface area contributed by atoms with E-state index in [4.69, 9.17) is 9.47 Å². The number of rotatable bonds is 5. The van der Waals surface area contributed by atoms with Crippen LogP contribution < -0.4 is 0 Å². The first-order valence-electron chi connectivity index (χ1n) is 6.91. The first kappa shape index (κ1) is 13.2. The Morgan fingerprint density at radius 2 is 2.00 bits per heavy atom. The Morgan fingerprint density at radius 3 is 2.78 bits per heavy atom. The summed E-state index contributed by atoms with van der Waals surface area (Å²) in [5, 5.41) is 0. The second kappa shape index (κ2) is 7.22. The highest BCUT2D eigenvalue weighted by molar-refractivity contribution is 5.16. The van der Waals surface area contributed by atoms with E-state index in [9.17, 15) is 0 Å². The van der Waals surface area contributed by atoms with E-state index in [-0.39, 0.29) is 12.4 Å². The summed E-state index contributed by atoms with van der Waals surface area (Å²) in [5.41, 5.74) is 1.09. The zero-order valence-electron chi connectivity index (χ0n) is 11.0. The molecule has 1 aromatic rings. The van der Waals surface area contributed by atoms with Crippen LogP contribution in [0, 0.1) is 0 Å². The van der Waals surface area contributed by atoms with Gasteiger partial charge in [0.2, 0.25) is 6.29 Å². The van der Waals surface area contributed by atoms with Crippen molar-refractivity contribution in [2.45, 2.75) is 51.4 Å². The summed E-state index contributed by atoms with van der Waals surface area (Å²) in [6, 6.07) is 10.1. The highest BCUT2D eigenvalue weighted by Gasteiger charge is 2.19. The van der Waals surface area contributed by atoms with Gasteiger partial charge in [0.1, 0.15) is 0 Å². The van der Waals surface area contributed by atoms with Crippen molar-refractivity contribution in [3.8, 4) is 0 Å². The Labute approximate surface area is 110 Å². The van der Waals surface area contributed by atoms with Gasteiger partial charge in [-0.1, -0.05) is 56.5 Å². The van der Waals surface area contributed by atoms with E-state index in [0.717, 1.165) is 18.4 Å². The maximum atomic E-state index is 6.06. The Balaban J connectivity index is 1.93. The van der Waals surface area contributed by atoms with Crippen LogP contribution >= 0.6 is 0 Å². The Morgan fingerprint density at radius 1 is 1.17 bits per heavy atom. The van der Waals surface area contributed by atoms with E-state index in [2.05, 4.69) is 13.0 Å². The number of hydrogen-bond donors (Lipinski definition) is 0. The molecule has 1 aliphatic heterocycles. The average molecular weight is 246 g/mol. The zero-order chi connectivity index (χ0) is 12.6. The lowest BCUT2D eigenvalue weighted by atomic mass is 10.1. The molecule has 0 saturated carbocycles. The highest BCUT2D eigenvalue weighted by Crippen LogP contribution is 2.26. The molecule has 18 heavy (non-hydrogen) atoms. The predicted octanol–water partition coefficient (Wildman–Crippen LogP) is 4.58. The van der Waals surface area contributed by atoms with Gasteiger partial charge in [-0.2, -0.15) is 0 Å². The van der Waals surface area contributed by atoms with Crippen LogP contribution in [0.2, 0.25) is 0 Å². The van der Waals surface area contributed by atoms with Crippen LogP contribution in [0.25, 0.3) is 0 Å². The highest BCUT2D eigenvalue weighted by atomic mass is 16.7.